The Kier molecular flexibility index (Phi) is 4.76. The van der Waals surface area contributed by atoms with Crippen molar-refractivity contribution >= 4 is 19.6 Å². The third kappa shape index (κ3) is 3.66. The third-order valence-electron chi connectivity index (χ3n) is 2.09. The fourth-order valence-electron chi connectivity index (χ4n) is 1.24. The number of hydrogen-bond acceptors (Lipinski definition) is 7. The van der Waals surface area contributed by atoms with Crippen LogP contribution >= 0.6 is 19.6 Å². The highest BCUT2D eigenvalue weighted by atomic mass is 32.2. The summed E-state index contributed by atoms with van der Waals surface area (Å²) in [6.45, 7) is -0.545. The van der Waals surface area contributed by atoms with Gasteiger partial charge in [-0.1, -0.05) is 0 Å². The number of aliphatic hydroxyl groups excluding tert-OH is 4. The Morgan fingerprint density at radius 2 is 1.62 bits per heavy atom. The lowest BCUT2D eigenvalue weighted by atomic mass is 10.0. The van der Waals surface area contributed by atoms with E-state index in [-0.39, 0.29) is 0 Å². The Labute approximate surface area is 95.1 Å². The van der Waals surface area contributed by atoms with Crippen molar-refractivity contribution in [2.45, 2.75) is 29.0 Å². The summed E-state index contributed by atoms with van der Waals surface area (Å²) in [4.78, 5) is 16.9. The zero-order valence-corrected chi connectivity index (χ0v) is 9.66. The SMILES string of the molecule is O=P(O)(O)OC[C@@H]1S[C@H](O)[C@H](O)[C@H](O)[C@H]1O. The Morgan fingerprint density at radius 1 is 1.06 bits per heavy atom. The Balaban J connectivity index is 2.57. The van der Waals surface area contributed by atoms with Crippen molar-refractivity contribution < 1.29 is 39.3 Å². The predicted molar refractivity (Wildman–Crippen MR) is 53.4 cm³/mol. The molecule has 1 heterocycles. The largest absolute Gasteiger partial charge is 0.469 e. The van der Waals surface area contributed by atoms with E-state index in [0.29, 0.717) is 11.8 Å². The van der Waals surface area contributed by atoms with E-state index < -0.39 is 43.4 Å². The summed E-state index contributed by atoms with van der Waals surface area (Å²) < 4.78 is 14.6. The molecule has 1 fully saturated rings. The second-order valence-corrected chi connectivity index (χ2v) is 5.92. The van der Waals surface area contributed by atoms with E-state index in [1.807, 2.05) is 0 Å². The van der Waals surface area contributed by atoms with Crippen LogP contribution in [0.5, 0.6) is 0 Å². The van der Waals surface area contributed by atoms with Gasteiger partial charge in [-0.15, -0.1) is 11.8 Å². The van der Waals surface area contributed by atoms with Gasteiger partial charge in [-0.25, -0.2) is 4.57 Å². The normalized spacial score (nSPS) is 41.0. The first-order valence-corrected chi connectivity index (χ1v) is 6.77. The molecule has 96 valence electrons. The first-order valence-electron chi connectivity index (χ1n) is 4.30. The van der Waals surface area contributed by atoms with Gasteiger partial charge >= 0.3 is 7.82 Å². The van der Waals surface area contributed by atoms with Gasteiger partial charge < -0.3 is 30.2 Å². The van der Waals surface area contributed by atoms with Gasteiger partial charge in [0.15, 0.2) is 0 Å². The highest BCUT2D eigenvalue weighted by Crippen LogP contribution is 2.39. The van der Waals surface area contributed by atoms with Crippen LogP contribution in [-0.2, 0) is 9.09 Å². The Morgan fingerprint density at radius 3 is 2.12 bits per heavy atom. The van der Waals surface area contributed by atoms with Crippen molar-refractivity contribution in [1.82, 2.24) is 0 Å². The molecule has 0 aromatic heterocycles. The van der Waals surface area contributed by atoms with E-state index in [2.05, 4.69) is 4.52 Å². The summed E-state index contributed by atoms with van der Waals surface area (Å²) in [5, 5.41) is 36.3. The smallest absolute Gasteiger partial charge is 0.389 e. The van der Waals surface area contributed by atoms with E-state index in [9.17, 15) is 25.0 Å². The van der Waals surface area contributed by atoms with Crippen LogP contribution in [0, 0.1) is 0 Å². The van der Waals surface area contributed by atoms with E-state index in [0.717, 1.165) is 0 Å². The summed E-state index contributed by atoms with van der Waals surface area (Å²) in [5.74, 6) is 0. The lowest BCUT2D eigenvalue weighted by Gasteiger charge is -2.37. The summed E-state index contributed by atoms with van der Waals surface area (Å²) in [6, 6.07) is 0. The molecule has 5 atom stereocenters. The van der Waals surface area contributed by atoms with Gasteiger partial charge in [0.2, 0.25) is 0 Å². The molecule has 0 radical (unpaired) electrons. The first-order chi connectivity index (χ1) is 7.22. The van der Waals surface area contributed by atoms with Crippen LogP contribution in [0.2, 0.25) is 0 Å². The first kappa shape index (κ1) is 14.4. The number of hydrogen-bond donors (Lipinski definition) is 6. The molecular weight excluding hydrogens is 263 g/mol. The van der Waals surface area contributed by atoms with Gasteiger partial charge in [-0.2, -0.15) is 0 Å². The maximum atomic E-state index is 10.4. The molecule has 1 saturated heterocycles. The lowest BCUT2D eigenvalue weighted by Crippen LogP contribution is -2.54. The number of thioether (sulfide) groups is 1. The number of rotatable bonds is 3. The standard InChI is InChI=1S/C6H13O8PS/c7-3-2(1-14-15(11,12)13)16-6(10)5(9)4(3)8/h2-10H,1H2,(H2,11,12,13)/t2-,3-,4+,5+,6-/m0/s1. The van der Waals surface area contributed by atoms with Crippen molar-refractivity contribution in [1.29, 1.82) is 0 Å². The third-order valence-corrected chi connectivity index (χ3v) is 3.90. The van der Waals surface area contributed by atoms with Crippen molar-refractivity contribution in [3.8, 4) is 0 Å². The van der Waals surface area contributed by atoms with E-state index in [1.54, 1.807) is 0 Å². The molecule has 0 unspecified atom stereocenters. The molecular formula is C6H13O8PS. The van der Waals surface area contributed by atoms with Gasteiger partial charge in [0.25, 0.3) is 0 Å². The van der Waals surface area contributed by atoms with Crippen LogP contribution in [0.4, 0.5) is 0 Å². The molecule has 0 aromatic rings. The van der Waals surface area contributed by atoms with Crippen LogP contribution in [0.15, 0.2) is 0 Å². The van der Waals surface area contributed by atoms with Crippen LogP contribution in [0.1, 0.15) is 0 Å². The number of aliphatic hydroxyl groups is 4. The fraction of sp³-hybridized carbons (Fsp3) is 1.00. The minimum Gasteiger partial charge on any atom is -0.389 e. The molecule has 1 rings (SSSR count). The van der Waals surface area contributed by atoms with Gasteiger partial charge in [-0.3, -0.25) is 4.52 Å². The molecule has 6 N–H and O–H groups in total. The molecule has 0 saturated carbocycles. The molecule has 0 amide bonds. The maximum absolute atomic E-state index is 10.4. The lowest BCUT2D eigenvalue weighted by molar-refractivity contribution is -0.0951. The van der Waals surface area contributed by atoms with Gasteiger partial charge in [0.1, 0.15) is 17.6 Å². The summed E-state index contributed by atoms with van der Waals surface area (Å²) in [5.41, 5.74) is -1.34. The highest BCUT2D eigenvalue weighted by Gasteiger charge is 2.43. The van der Waals surface area contributed by atoms with E-state index in [1.165, 1.54) is 0 Å². The minimum absolute atomic E-state index is 0.545. The van der Waals surface area contributed by atoms with E-state index in [4.69, 9.17) is 9.79 Å². The van der Waals surface area contributed by atoms with Crippen LogP contribution in [0.3, 0.4) is 0 Å². The fourth-order valence-corrected chi connectivity index (χ4v) is 2.84. The predicted octanol–water partition coefficient (Wildman–Crippen LogP) is -2.39. The second kappa shape index (κ2) is 5.30. The molecule has 0 aromatic carbocycles. The summed E-state index contributed by atoms with van der Waals surface area (Å²) in [7, 11) is -4.66. The molecule has 1 aliphatic heterocycles. The van der Waals surface area contributed by atoms with Gasteiger partial charge in [0.05, 0.1) is 18.0 Å². The monoisotopic (exact) mass is 276 g/mol. The average Bonchev–Trinajstić information content (AvgIpc) is 2.17. The maximum Gasteiger partial charge on any atom is 0.469 e. The van der Waals surface area contributed by atoms with Crippen molar-refractivity contribution in [2.75, 3.05) is 6.61 Å². The number of phosphoric acid groups is 1. The average molecular weight is 276 g/mol. The van der Waals surface area contributed by atoms with Crippen molar-refractivity contribution in [3.63, 3.8) is 0 Å². The molecule has 8 nitrogen and oxygen atoms in total. The van der Waals surface area contributed by atoms with Gasteiger partial charge in [0, 0.05) is 0 Å². The van der Waals surface area contributed by atoms with Crippen molar-refractivity contribution in [2.24, 2.45) is 0 Å². The Bertz CT molecular complexity index is 282. The summed E-state index contributed by atoms with van der Waals surface area (Å²) in [6.07, 6.45) is -4.53. The number of phosphoric ester groups is 1. The molecule has 10 heteroatoms. The second-order valence-electron chi connectivity index (χ2n) is 3.32. The van der Waals surface area contributed by atoms with E-state index >= 15 is 0 Å². The van der Waals surface area contributed by atoms with Gasteiger partial charge in [-0.05, 0) is 0 Å². The van der Waals surface area contributed by atoms with Crippen LogP contribution in [-0.4, -0.2) is 65.8 Å². The topological polar surface area (TPSA) is 148 Å². The molecule has 0 bridgehead atoms. The quantitative estimate of drug-likeness (QED) is 0.310. The van der Waals surface area contributed by atoms with Crippen molar-refractivity contribution in [3.05, 3.63) is 0 Å². The minimum atomic E-state index is -4.66. The molecule has 1 aliphatic rings. The molecule has 0 aliphatic carbocycles. The zero-order chi connectivity index (χ0) is 12.5. The van der Waals surface area contributed by atoms with Crippen LogP contribution < -0.4 is 0 Å². The Hall–Kier alpha value is 0.300. The molecule has 16 heavy (non-hydrogen) atoms. The highest BCUT2D eigenvalue weighted by molar-refractivity contribution is 8.00. The molecule has 0 spiro atoms. The summed E-state index contributed by atoms with van der Waals surface area (Å²) >= 11 is 0.674. The zero-order valence-electron chi connectivity index (χ0n) is 7.95. The van der Waals surface area contributed by atoms with Crippen LogP contribution in [0.25, 0.3) is 0 Å².